The Hall–Kier alpha value is -2.25. The number of thiophene rings is 1. The van der Waals surface area contributed by atoms with Crippen LogP contribution in [0.3, 0.4) is 0 Å². The van der Waals surface area contributed by atoms with Gasteiger partial charge in [-0.15, -0.1) is 11.3 Å². The first-order valence-electron chi connectivity index (χ1n) is 7.88. The molecule has 0 saturated heterocycles. The van der Waals surface area contributed by atoms with Gasteiger partial charge in [0.1, 0.15) is 5.82 Å². The van der Waals surface area contributed by atoms with Crippen molar-refractivity contribution in [3.8, 4) is 10.4 Å². The summed E-state index contributed by atoms with van der Waals surface area (Å²) < 4.78 is 17.9. The molecule has 1 N–H and O–H groups in total. The minimum Gasteiger partial charge on any atom is -0.385 e. The number of amides is 2. The molecule has 0 saturated carbocycles. The summed E-state index contributed by atoms with van der Waals surface area (Å²) in [6.07, 6.45) is 0.728. The van der Waals surface area contributed by atoms with Crippen LogP contribution in [-0.2, 0) is 9.53 Å². The standard InChI is InChI=1S/C18H21FN2O3S/c1-21(12-17(22)20-10-3-11-24-2)18(23)16-9-8-15(25-16)13-4-6-14(19)7-5-13/h4-9H,3,10-12H2,1-2H3,(H,20,22). The highest BCUT2D eigenvalue weighted by atomic mass is 32.1. The van der Waals surface area contributed by atoms with Gasteiger partial charge in [-0.05, 0) is 36.2 Å². The maximum atomic E-state index is 13.0. The van der Waals surface area contributed by atoms with Gasteiger partial charge in [-0.2, -0.15) is 0 Å². The van der Waals surface area contributed by atoms with Gasteiger partial charge in [0.15, 0.2) is 0 Å². The van der Waals surface area contributed by atoms with E-state index in [-0.39, 0.29) is 24.2 Å². The van der Waals surface area contributed by atoms with Crippen molar-refractivity contribution in [3.63, 3.8) is 0 Å². The second kappa shape index (κ2) is 9.29. The number of rotatable bonds is 8. The molecule has 1 heterocycles. The number of nitrogens with one attached hydrogen (secondary N) is 1. The van der Waals surface area contributed by atoms with Crippen LogP contribution in [0.15, 0.2) is 36.4 Å². The van der Waals surface area contributed by atoms with E-state index in [0.717, 1.165) is 16.9 Å². The average molecular weight is 364 g/mol. The molecule has 0 spiro atoms. The van der Waals surface area contributed by atoms with Crippen molar-refractivity contribution in [3.05, 3.63) is 47.1 Å². The van der Waals surface area contributed by atoms with E-state index in [0.29, 0.717) is 18.0 Å². The van der Waals surface area contributed by atoms with Crippen LogP contribution >= 0.6 is 11.3 Å². The van der Waals surface area contributed by atoms with E-state index in [4.69, 9.17) is 4.74 Å². The molecule has 134 valence electrons. The Morgan fingerprint density at radius 3 is 2.60 bits per heavy atom. The van der Waals surface area contributed by atoms with Crippen LogP contribution in [0, 0.1) is 5.82 Å². The van der Waals surface area contributed by atoms with Gasteiger partial charge in [0.05, 0.1) is 11.4 Å². The predicted molar refractivity (Wildman–Crippen MR) is 96.2 cm³/mol. The first kappa shape index (κ1) is 19.1. The lowest BCUT2D eigenvalue weighted by Gasteiger charge is -2.15. The van der Waals surface area contributed by atoms with Crippen molar-refractivity contribution in [2.24, 2.45) is 0 Å². The number of likely N-dealkylation sites (N-methyl/N-ethyl adjacent to an activating group) is 1. The quantitative estimate of drug-likeness (QED) is 0.733. The first-order valence-corrected chi connectivity index (χ1v) is 8.70. The fourth-order valence-electron chi connectivity index (χ4n) is 2.20. The van der Waals surface area contributed by atoms with E-state index < -0.39 is 0 Å². The summed E-state index contributed by atoms with van der Waals surface area (Å²) in [6, 6.07) is 9.66. The number of ether oxygens (including phenoxy) is 1. The number of hydrogen-bond donors (Lipinski definition) is 1. The third kappa shape index (κ3) is 5.65. The monoisotopic (exact) mass is 364 g/mol. The first-order chi connectivity index (χ1) is 12.0. The van der Waals surface area contributed by atoms with Crippen LogP contribution in [0.1, 0.15) is 16.1 Å². The zero-order chi connectivity index (χ0) is 18.2. The molecule has 5 nitrogen and oxygen atoms in total. The van der Waals surface area contributed by atoms with Crippen molar-refractivity contribution in [2.75, 3.05) is 33.9 Å². The van der Waals surface area contributed by atoms with Crippen LogP contribution in [0.2, 0.25) is 0 Å². The van der Waals surface area contributed by atoms with Gasteiger partial charge in [-0.25, -0.2) is 4.39 Å². The highest BCUT2D eigenvalue weighted by molar-refractivity contribution is 7.17. The number of carbonyl (C=O) groups excluding carboxylic acids is 2. The Bertz CT molecular complexity index is 715. The van der Waals surface area contributed by atoms with Gasteiger partial charge >= 0.3 is 0 Å². The zero-order valence-electron chi connectivity index (χ0n) is 14.3. The third-order valence-electron chi connectivity index (χ3n) is 3.52. The van der Waals surface area contributed by atoms with Crippen molar-refractivity contribution in [1.29, 1.82) is 0 Å². The van der Waals surface area contributed by atoms with E-state index in [2.05, 4.69) is 5.32 Å². The molecule has 0 fully saturated rings. The minimum absolute atomic E-state index is 0.00437. The van der Waals surface area contributed by atoms with Crippen LogP contribution in [0.5, 0.6) is 0 Å². The Kier molecular flexibility index (Phi) is 7.09. The molecule has 0 unspecified atom stereocenters. The summed E-state index contributed by atoms with van der Waals surface area (Å²) in [6.45, 7) is 1.09. The zero-order valence-corrected chi connectivity index (χ0v) is 15.1. The SMILES string of the molecule is COCCCNC(=O)CN(C)C(=O)c1ccc(-c2ccc(F)cc2)s1. The van der Waals surface area contributed by atoms with E-state index >= 15 is 0 Å². The largest absolute Gasteiger partial charge is 0.385 e. The van der Waals surface area contributed by atoms with Crippen molar-refractivity contribution >= 4 is 23.2 Å². The molecule has 7 heteroatoms. The van der Waals surface area contributed by atoms with E-state index in [9.17, 15) is 14.0 Å². The van der Waals surface area contributed by atoms with Gasteiger partial charge in [-0.1, -0.05) is 12.1 Å². The van der Waals surface area contributed by atoms with Crippen LogP contribution in [-0.4, -0.2) is 50.6 Å². The molecule has 0 atom stereocenters. The molecule has 0 aliphatic heterocycles. The van der Waals surface area contributed by atoms with Crippen LogP contribution < -0.4 is 5.32 Å². The van der Waals surface area contributed by atoms with Crippen LogP contribution in [0.25, 0.3) is 10.4 Å². The molecule has 0 bridgehead atoms. The average Bonchev–Trinajstić information content (AvgIpc) is 3.08. The molecule has 0 aliphatic carbocycles. The number of benzene rings is 1. The number of carbonyl (C=O) groups is 2. The second-order valence-electron chi connectivity index (χ2n) is 5.53. The summed E-state index contributed by atoms with van der Waals surface area (Å²) >= 11 is 1.32. The Morgan fingerprint density at radius 2 is 1.92 bits per heavy atom. The Balaban J connectivity index is 1.91. The fourth-order valence-corrected chi connectivity index (χ4v) is 3.20. The summed E-state index contributed by atoms with van der Waals surface area (Å²) in [5.74, 6) is -0.722. The molecule has 2 amide bonds. The van der Waals surface area contributed by atoms with Gasteiger partial charge < -0.3 is 15.0 Å². The van der Waals surface area contributed by atoms with E-state index in [1.165, 1.54) is 28.4 Å². The minimum atomic E-state index is -0.298. The highest BCUT2D eigenvalue weighted by Crippen LogP contribution is 2.28. The number of nitrogens with zero attached hydrogens (tertiary/aromatic N) is 1. The molecular formula is C18H21FN2O3S. The van der Waals surface area contributed by atoms with Gasteiger partial charge in [0, 0.05) is 32.2 Å². The molecule has 2 aromatic rings. The molecular weight excluding hydrogens is 343 g/mol. The maximum Gasteiger partial charge on any atom is 0.264 e. The topological polar surface area (TPSA) is 58.6 Å². The van der Waals surface area contributed by atoms with Gasteiger partial charge in [0.2, 0.25) is 5.91 Å². The lowest BCUT2D eigenvalue weighted by atomic mass is 10.2. The van der Waals surface area contributed by atoms with Crippen molar-refractivity contribution < 1.29 is 18.7 Å². The summed E-state index contributed by atoms with van der Waals surface area (Å²) in [5.41, 5.74) is 0.851. The number of hydrogen-bond acceptors (Lipinski definition) is 4. The predicted octanol–water partition coefficient (Wildman–Crippen LogP) is 2.78. The molecule has 0 aliphatic rings. The summed E-state index contributed by atoms with van der Waals surface area (Å²) in [5, 5.41) is 2.75. The number of methoxy groups -OCH3 is 1. The second-order valence-corrected chi connectivity index (χ2v) is 6.61. The lowest BCUT2D eigenvalue weighted by Crippen LogP contribution is -2.38. The molecule has 0 radical (unpaired) electrons. The molecule has 25 heavy (non-hydrogen) atoms. The molecule has 1 aromatic carbocycles. The smallest absolute Gasteiger partial charge is 0.264 e. The number of halogens is 1. The fraction of sp³-hybridized carbons (Fsp3) is 0.333. The maximum absolute atomic E-state index is 13.0. The van der Waals surface area contributed by atoms with Crippen molar-refractivity contribution in [2.45, 2.75) is 6.42 Å². The summed E-state index contributed by atoms with van der Waals surface area (Å²) in [4.78, 5) is 27.1. The Labute approximate surface area is 150 Å². The lowest BCUT2D eigenvalue weighted by molar-refractivity contribution is -0.121. The normalized spacial score (nSPS) is 10.5. The Morgan fingerprint density at radius 1 is 1.20 bits per heavy atom. The van der Waals surface area contributed by atoms with E-state index in [1.807, 2.05) is 6.07 Å². The molecule has 1 aromatic heterocycles. The van der Waals surface area contributed by atoms with Crippen LogP contribution in [0.4, 0.5) is 4.39 Å². The van der Waals surface area contributed by atoms with Gasteiger partial charge in [0.25, 0.3) is 5.91 Å². The molecule has 2 rings (SSSR count). The third-order valence-corrected chi connectivity index (χ3v) is 4.64. The van der Waals surface area contributed by atoms with E-state index in [1.54, 1.807) is 32.4 Å². The highest BCUT2D eigenvalue weighted by Gasteiger charge is 2.17. The van der Waals surface area contributed by atoms with Gasteiger partial charge in [-0.3, -0.25) is 9.59 Å². The summed E-state index contributed by atoms with van der Waals surface area (Å²) in [7, 11) is 3.20. The van der Waals surface area contributed by atoms with Crippen molar-refractivity contribution in [1.82, 2.24) is 10.2 Å².